The standard InChI is InChI=1S/C9H10N3O/c10-9(11)12-5-7-1-3-8(6-13)4-2-7/h1-4H,5H2,(H4,10,11,12). The zero-order valence-electron chi connectivity index (χ0n) is 7.00. The van der Waals surface area contributed by atoms with E-state index in [0.29, 0.717) is 12.1 Å². The molecule has 0 spiro atoms. The van der Waals surface area contributed by atoms with Gasteiger partial charge in [0.05, 0.1) is 0 Å². The molecule has 1 aromatic rings. The third kappa shape index (κ3) is 2.94. The van der Waals surface area contributed by atoms with Gasteiger partial charge in [0.25, 0.3) is 0 Å². The normalized spacial score (nSPS) is 9.23. The van der Waals surface area contributed by atoms with Crippen molar-refractivity contribution in [1.82, 2.24) is 5.32 Å². The maximum atomic E-state index is 10.2. The van der Waals surface area contributed by atoms with Gasteiger partial charge >= 0.3 is 0 Å². The summed E-state index contributed by atoms with van der Waals surface area (Å²) < 4.78 is 0. The average molecular weight is 176 g/mol. The molecular formula is C9H10N3O. The number of guanidine groups is 1. The third-order valence-electron chi connectivity index (χ3n) is 1.55. The Labute approximate surface area is 76.3 Å². The summed E-state index contributed by atoms with van der Waals surface area (Å²) in [5, 5.41) is 9.59. The fourth-order valence-electron chi connectivity index (χ4n) is 0.888. The van der Waals surface area contributed by atoms with Crippen molar-refractivity contribution >= 4 is 12.2 Å². The summed E-state index contributed by atoms with van der Waals surface area (Å²) in [6, 6.07) is 6.92. The highest BCUT2D eigenvalue weighted by atomic mass is 16.1. The van der Waals surface area contributed by atoms with Crippen molar-refractivity contribution in [2.75, 3.05) is 0 Å². The lowest BCUT2D eigenvalue weighted by molar-refractivity contribution is 0.562. The molecule has 67 valence electrons. The molecule has 0 saturated heterocycles. The fourth-order valence-corrected chi connectivity index (χ4v) is 0.888. The molecule has 1 aromatic carbocycles. The maximum absolute atomic E-state index is 10.2. The van der Waals surface area contributed by atoms with E-state index in [1.54, 1.807) is 30.6 Å². The molecule has 0 fully saturated rings. The van der Waals surface area contributed by atoms with Crippen molar-refractivity contribution in [3.8, 4) is 0 Å². The molecule has 4 N–H and O–H groups in total. The Bertz CT molecular complexity index is 305. The second-order valence-electron chi connectivity index (χ2n) is 2.57. The quantitative estimate of drug-likeness (QED) is 0.452. The van der Waals surface area contributed by atoms with E-state index in [2.05, 4.69) is 5.32 Å². The number of hydrogen-bond acceptors (Lipinski definition) is 2. The summed E-state index contributed by atoms with van der Waals surface area (Å²) in [6.07, 6.45) is 1.78. The van der Waals surface area contributed by atoms with Crippen LogP contribution >= 0.6 is 0 Å². The summed E-state index contributed by atoms with van der Waals surface area (Å²) in [4.78, 5) is 10.2. The molecule has 0 aliphatic rings. The van der Waals surface area contributed by atoms with E-state index in [-0.39, 0.29) is 5.96 Å². The molecule has 0 aromatic heterocycles. The lowest BCUT2D eigenvalue weighted by Crippen LogP contribution is -2.29. The zero-order valence-corrected chi connectivity index (χ0v) is 7.00. The van der Waals surface area contributed by atoms with Crippen molar-refractivity contribution in [1.29, 1.82) is 5.41 Å². The molecule has 4 nitrogen and oxygen atoms in total. The Morgan fingerprint density at radius 1 is 1.46 bits per heavy atom. The SMILES string of the molecule is N=C(N)NCc1ccc([C]=O)cc1. The van der Waals surface area contributed by atoms with Gasteiger partial charge in [-0.15, -0.1) is 0 Å². The second-order valence-corrected chi connectivity index (χ2v) is 2.57. The lowest BCUT2D eigenvalue weighted by Gasteiger charge is -2.02. The zero-order chi connectivity index (χ0) is 9.68. The molecule has 0 amide bonds. The first-order valence-electron chi connectivity index (χ1n) is 3.77. The molecule has 13 heavy (non-hydrogen) atoms. The van der Waals surface area contributed by atoms with E-state index in [1.165, 1.54) is 0 Å². The summed E-state index contributed by atoms with van der Waals surface area (Å²) in [5.41, 5.74) is 6.59. The van der Waals surface area contributed by atoms with Gasteiger partial charge in [0.1, 0.15) is 0 Å². The highest BCUT2D eigenvalue weighted by Crippen LogP contribution is 2.01. The molecule has 0 atom stereocenters. The molecule has 0 aliphatic heterocycles. The molecule has 0 unspecified atom stereocenters. The Balaban J connectivity index is 2.59. The molecule has 0 aliphatic carbocycles. The van der Waals surface area contributed by atoms with E-state index in [1.807, 2.05) is 0 Å². The number of carbonyl (C=O) groups excluding carboxylic acids is 1. The second kappa shape index (κ2) is 4.25. The van der Waals surface area contributed by atoms with Crippen LogP contribution in [0.15, 0.2) is 24.3 Å². The van der Waals surface area contributed by atoms with Gasteiger partial charge in [-0.3, -0.25) is 10.2 Å². The molecule has 4 heteroatoms. The van der Waals surface area contributed by atoms with E-state index in [0.717, 1.165) is 5.56 Å². The predicted octanol–water partition coefficient (Wildman–Crippen LogP) is 0.127. The highest BCUT2D eigenvalue weighted by molar-refractivity contribution is 5.75. The van der Waals surface area contributed by atoms with Crippen LogP contribution in [0.4, 0.5) is 0 Å². The van der Waals surface area contributed by atoms with Crippen LogP contribution in [0, 0.1) is 5.41 Å². The van der Waals surface area contributed by atoms with Gasteiger partial charge in [-0.05, 0) is 5.56 Å². The summed E-state index contributed by atoms with van der Waals surface area (Å²) in [7, 11) is 0. The first-order chi connectivity index (χ1) is 6.22. The fraction of sp³-hybridized carbons (Fsp3) is 0.111. The van der Waals surface area contributed by atoms with Crippen LogP contribution in [0.1, 0.15) is 11.1 Å². The maximum Gasteiger partial charge on any atom is 0.233 e. The monoisotopic (exact) mass is 176 g/mol. The number of rotatable bonds is 3. The van der Waals surface area contributed by atoms with Crippen molar-refractivity contribution in [3.05, 3.63) is 35.4 Å². The minimum absolute atomic E-state index is 0.0639. The van der Waals surface area contributed by atoms with Crippen LogP contribution < -0.4 is 11.1 Å². The van der Waals surface area contributed by atoms with Crippen molar-refractivity contribution in [2.45, 2.75) is 6.54 Å². The number of nitrogens with two attached hydrogens (primary N) is 1. The number of benzene rings is 1. The van der Waals surface area contributed by atoms with Gasteiger partial charge in [-0.1, -0.05) is 24.3 Å². The van der Waals surface area contributed by atoms with Crippen molar-refractivity contribution in [2.24, 2.45) is 5.73 Å². The van der Waals surface area contributed by atoms with E-state index in [9.17, 15) is 4.79 Å². The topological polar surface area (TPSA) is 79.0 Å². The van der Waals surface area contributed by atoms with Crippen LogP contribution in [-0.2, 0) is 11.3 Å². The van der Waals surface area contributed by atoms with Crippen LogP contribution in [0.3, 0.4) is 0 Å². The molecule has 1 radical (unpaired) electrons. The van der Waals surface area contributed by atoms with E-state index >= 15 is 0 Å². The highest BCUT2D eigenvalue weighted by Gasteiger charge is 1.94. The first-order valence-corrected chi connectivity index (χ1v) is 3.77. The van der Waals surface area contributed by atoms with E-state index < -0.39 is 0 Å². The predicted molar refractivity (Wildman–Crippen MR) is 50.0 cm³/mol. The Kier molecular flexibility index (Phi) is 3.03. The smallest absolute Gasteiger partial charge is 0.233 e. The third-order valence-corrected chi connectivity index (χ3v) is 1.55. The lowest BCUT2D eigenvalue weighted by atomic mass is 10.1. The Hall–Kier alpha value is -1.84. The van der Waals surface area contributed by atoms with Gasteiger partial charge < -0.3 is 11.1 Å². The minimum atomic E-state index is -0.0639. The van der Waals surface area contributed by atoms with Gasteiger partial charge in [0.2, 0.25) is 6.29 Å². The molecule has 1 rings (SSSR count). The van der Waals surface area contributed by atoms with Crippen LogP contribution in [-0.4, -0.2) is 12.2 Å². The summed E-state index contributed by atoms with van der Waals surface area (Å²) >= 11 is 0. The first kappa shape index (κ1) is 9.25. The molecule has 0 heterocycles. The van der Waals surface area contributed by atoms with Gasteiger partial charge in [0, 0.05) is 12.1 Å². The summed E-state index contributed by atoms with van der Waals surface area (Å²) in [5.74, 6) is -0.0639. The van der Waals surface area contributed by atoms with Crippen molar-refractivity contribution < 1.29 is 4.79 Å². The van der Waals surface area contributed by atoms with Crippen LogP contribution in [0.25, 0.3) is 0 Å². The van der Waals surface area contributed by atoms with Crippen molar-refractivity contribution in [3.63, 3.8) is 0 Å². The number of nitrogens with one attached hydrogen (secondary N) is 2. The van der Waals surface area contributed by atoms with Gasteiger partial charge in [0.15, 0.2) is 5.96 Å². The van der Waals surface area contributed by atoms with Crippen LogP contribution in [0.2, 0.25) is 0 Å². The summed E-state index contributed by atoms with van der Waals surface area (Å²) in [6.45, 7) is 0.495. The largest absolute Gasteiger partial charge is 0.370 e. The van der Waals surface area contributed by atoms with Crippen LogP contribution in [0.5, 0.6) is 0 Å². The average Bonchev–Trinajstić information content (AvgIpc) is 2.15. The number of hydrogen-bond donors (Lipinski definition) is 3. The molecule has 0 saturated carbocycles. The molecular weight excluding hydrogens is 166 g/mol. The minimum Gasteiger partial charge on any atom is -0.370 e. The Morgan fingerprint density at radius 3 is 2.54 bits per heavy atom. The Morgan fingerprint density at radius 2 is 2.08 bits per heavy atom. The van der Waals surface area contributed by atoms with Gasteiger partial charge in [-0.2, -0.15) is 0 Å². The molecule has 0 bridgehead atoms. The van der Waals surface area contributed by atoms with Gasteiger partial charge in [-0.25, -0.2) is 0 Å². The van der Waals surface area contributed by atoms with E-state index in [4.69, 9.17) is 11.1 Å².